The molecule has 0 aromatic heterocycles. The second-order valence-electron chi connectivity index (χ2n) is 3.14. The molecule has 0 amide bonds. The molecule has 0 bridgehead atoms. The molecule has 0 spiro atoms. The molecule has 11 heteroatoms. The molecule has 0 aliphatic rings. The number of nitrogens with one attached hydrogen (secondary N) is 3. The summed E-state index contributed by atoms with van der Waals surface area (Å²) in [5, 5.41) is 8.43. The first-order chi connectivity index (χ1) is 8.68. The van der Waals surface area contributed by atoms with Gasteiger partial charge in [-0.2, -0.15) is 0 Å². The topological polar surface area (TPSA) is 39.3 Å². The maximum atomic E-state index is 4.65. The summed E-state index contributed by atoms with van der Waals surface area (Å²) in [7, 11) is 7.46. The molecule has 0 aliphatic carbocycles. The van der Waals surface area contributed by atoms with Gasteiger partial charge in [-0.05, 0) is 14.1 Å². The molecule has 0 saturated heterocycles. The second-order valence-corrected chi connectivity index (χ2v) is 6.57. The Morgan fingerprint density at radius 3 is 1.20 bits per heavy atom. The third-order valence-corrected chi connectivity index (χ3v) is 2.43. The minimum absolute atomic E-state index is 0. The van der Waals surface area contributed by atoms with E-state index >= 15 is 0 Å². The molecule has 0 saturated carbocycles. The third-order valence-electron chi connectivity index (χ3n) is 1.06. The van der Waals surface area contributed by atoms with Gasteiger partial charge in [0.15, 0.2) is 0 Å². The standard InChI is InChI=1S/C4H8N2S4.C3H7NS2.C2H7N.Zn/c7-3(8)5-1-2-6-4(9)10;1-4(2)3(5)6;1-3-2;/h1-2H2,(H2,5,7,8)(H2,6,9,10);1-2H3,(H,5,6);3H,1-2H3;/q;;;+2. The van der Waals surface area contributed by atoms with E-state index in [1.54, 1.807) is 4.90 Å². The van der Waals surface area contributed by atoms with E-state index in [9.17, 15) is 0 Å². The number of thiocarbonyl (C=S) groups is 3. The Kier molecular flexibility index (Phi) is 33.1. The van der Waals surface area contributed by atoms with Gasteiger partial charge in [0.05, 0.1) is 0 Å². The van der Waals surface area contributed by atoms with Crippen LogP contribution in [0, 0.1) is 0 Å². The molecule has 4 nitrogen and oxygen atoms in total. The number of hydrogen-bond acceptors (Lipinski definition) is 4. The number of rotatable bonds is 3. The van der Waals surface area contributed by atoms with E-state index in [1.807, 2.05) is 28.2 Å². The van der Waals surface area contributed by atoms with Gasteiger partial charge in [0.2, 0.25) is 0 Å². The molecule has 0 rings (SSSR count). The molecule has 0 atom stereocenters. The van der Waals surface area contributed by atoms with Gasteiger partial charge in [-0.15, -0.1) is 37.9 Å². The minimum Gasteiger partial charge on any atom is -0.369 e. The van der Waals surface area contributed by atoms with Crippen LogP contribution in [0.5, 0.6) is 0 Å². The molecular weight excluding hydrogens is 422 g/mol. The molecule has 0 aliphatic heterocycles. The van der Waals surface area contributed by atoms with Gasteiger partial charge < -0.3 is 20.9 Å². The summed E-state index contributed by atoms with van der Waals surface area (Å²) in [5.74, 6) is 0. The molecule has 0 unspecified atom stereocenters. The van der Waals surface area contributed by atoms with Crippen molar-refractivity contribution in [2.24, 2.45) is 0 Å². The van der Waals surface area contributed by atoms with E-state index in [-0.39, 0.29) is 19.5 Å². The fourth-order valence-electron chi connectivity index (χ4n) is 0.339. The van der Waals surface area contributed by atoms with Crippen LogP contribution < -0.4 is 16.0 Å². The van der Waals surface area contributed by atoms with Crippen LogP contribution in [0.2, 0.25) is 0 Å². The Labute approximate surface area is 168 Å². The SMILES string of the molecule is CN(C)C(=S)S.CNC.S=C(S)NCCNC(=S)S.[Zn+2]. The van der Waals surface area contributed by atoms with Crippen molar-refractivity contribution in [1.29, 1.82) is 0 Å². The molecule has 0 aromatic carbocycles. The Bertz CT molecular complexity index is 249. The molecule has 0 heterocycles. The average molecular weight is 444 g/mol. The van der Waals surface area contributed by atoms with Crippen LogP contribution in [0.3, 0.4) is 0 Å². The smallest absolute Gasteiger partial charge is 0.369 e. The van der Waals surface area contributed by atoms with Gasteiger partial charge in [0, 0.05) is 27.2 Å². The van der Waals surface area contributed by atoms with Crippen molar-refractivity contribution >= 4 is 87.5 Å². The van der Waals surface area contributed by atoms with Crippen molar-refractivity contribution in [2.45, 2.75) is 0 Å². The van der Waals surface area contributed by atoms with Gasteiger partial charge in [-0.25, -0.2) is 0 Å². The number of nitrogens with zero attached hydrogens (tertiary/aromatic N) is 1. The summed E-state index contributed by atoms with van der Waals surface area (Å²) in [6.45, 7) is 1.42. The zero-order chi connectivity index (χ0) is 15.8. The Morgan fingerprint density at radius 2 is 1.10 bits per heavy atom. The Morgan fingerprint density at radius 1 is 0.900 bits per heavy atom. The third kappa shape index (κ3) is 42.7. The van der Waals surface area contributed by atoms with Crippen molar-refractivity contribution in [3.8, 4) is 0 Å². The first-order valence-corrected chi connectivity index (χ1v) is 7.67. The predicted octanol–water partition coefficient (Wildman–Crippen LogP) is 1.19. The predicted molar refractivity (Wildman–Crippen MR) is 109 cm³/mol. The van der Waals surface area contributed by atoms with Gasteiger partial charge in [-0.3, -0.25) is 0 Å². The van der Waals surface area contributed by atoms with Crippen LogP contribution in [-0.4, -0.2) is 59.1 Å². The van der Waals surface area contributed by atoms with Crippen molar-refractivity contribution < 1.29 is 19.5 Å². The summed E-state index contributed by atoms with van der Waals surface area (Å²) in [6.07, 6.45) is 0. The van der Waals surface area contributed by atoms with Crippen LogP contribution in [0.15, 0.2) is 0 Å². The first kappa shape index (κ1) is 29.3. The zero-order valence-electron chi connectivity index (χ0n) is 12.1. The van der Waals surface area contributed by atoms with E-state index in [2.05, 4.69) is 90.5 Å². The van der Waals surface area contributed by atoms with Crippen molar-refractivity contribution in [1.82, 2.24) is 20.9 Å². The Balaban J connectivity index is -0.000000110. The number of hydrogen-bond donors (Lipinski definition) is 6. The van der Waals surface area contributed by atoms with E-state index < -0.39 is 0 Å². The van der Waals surface area contributed by atoms with Crippen molar-refractivity contribution in [2.75, 3.05) is 41.3 Å². The molecule has 0 radical (unpaired) electrons. The van der Waals surface area contributed by atoms with Crippen molar-refractivity contribution in [3.63, 3.8) is 0 Å². The second kappa shape index (κ2) is 22.6. The molecular formula is C9H22N4S6Zn+2. The number of thiol groups is 3. The molecule has 3 N–H and O–H groups in total. The summed E-state index contributed by atoms with van der Waals surface area (Å²) in [6, 6.07) is 0. The van der Waals surface area contributed by atoms with E-state index in [1.165, 1.54) is 0 Å². The normalized spacial score (nSPS) is 7.55. The zero-order valence-corrected chi connectivity index (χ0v) is 20.2. The summed E-state index contributed by atoms with van der Waals surface area (Å²) >= 11 is 25.5. The molecule has 20 heavy (non-hydrogen) atoms. The van der Waals surface area contributed by atoms with Crippen LogP contribution >= 0.6 is 74.5 Å². The minimum atomic E-state index is 0. The van der Waals surface area contributed by atoms with Gasteiger partial charge in [0.1, 0.15) is 13.0 Å². The first-order valence-electron chi connectivity index (χ1n) is 5.11. The van der Waals surface area contributed by atoms with Gasteiger partial charge in [0.25, 0.3) is 0 Å². The monoisotopic (exact) mass is 442 g/mol. The maximum absolute atomic E-state index is 4.65. The quantitative estimate of drug-likeness (QED) is 0.169. The van der Waals surface area contributed by atoms with Crippen LogP contribution in [0.1, 0.15) is 0 Å². The fourth-order valence-corrected chi connectivity index (χ4v) is 0.767. The fraction of sp³-hybridized carbons (Fsp3) is 0.667. The van der Waals surface area contributed by atoms with Crippen LogP contribution in [0.25, 0.3) is 0 Å². The molecule has 0 aromatic rings. The van der Waals surface area contributed by atoms with E-state index in [0.29, 0.717) is 26.1 Å². The van der Waals surface area contributed by atoms with Gasteiger partial charge >= 0.3 is 19.5 Å². The summed E-state index contributed by atoms with van der Waals surface area (Å²) in [4.78, 5) is 1.76. The van der Waals surface area contributed by atoms with Crippen LogP contribution in [0.4, 0.5) is 0 Å². The van der Waals surface area contributed by atoms with Gasteiger partial charge in [-0.1, -0.05) is 36.7 Å². The summed E-state index contributed by atoms with van der Waals surface area (Å²) < 4.78 is 1.61. The average Bonchev–Trinajstić information content (AvgIpc) is 2.25. The van der Waals surface area contributed by atoms with Crippen LogP contribution in [-0.2, 0) is 19.5 Å². The van der Waals surface area contributed by atoms with Crippen molar-refractivity contribution in [3.05, 3.63) is 0 Å². The Hall–Kier alpha value is 1.30. The maximum Gasteiger partial charge on any atom is 2.00 e. The largest absolute Gasteiger partial charge is 2.00 e. The van der Waals surface area contributed by atoms with E-state index in [4.69, 9.17) is 0 Å². The summed E-state index contributed by atoms with van der Waals surface area (Å²) in [5.41, 5.74) is 0. The van der Waals surface area contributed by atoms with E-state index in [0.717, 1.165) is 0 Å². The molecule has 114 valence electrons. The molecule has 0 fully saturated rings.